The molecule has 124 valence electrons. The molecule has 0 fully saturated rings. The minimum atomic E-state index is -3.83. The van der Waals surface area contributed by atoms with Crippen LogP contribution < -0.4 is 0 Å². The number of carbonyl (C=O) groups is 1. The average Bonchev–Trinajstić information content (AvgIpc) is 2.84. The van der Waals surface area contributed by atoms with Crippen molar-refractivity contribution in [3.63, 3.8) is 0 Å². The number of aryl methyl sites for hydroxylation is 1. The van der Waals surface area contributed by atoms with Gasteiger partial charge in [0.15, 0.2) is 5.03 Å². The minimum Gasteiger partial charge on any atom is -0.481 e. The molecule has 0 aliphatic carbocycles. The number of hydrogen-bond donors (Lipinski definition) is 1. The molecule has 0 unspecified atom stereocenters. The fraction of sp³-hybridized carbons (Fsp3) is 0.333. The number of aromatic nitrogens is 2. The van der Waals surface area contributed by atoms with Crippen molar-refractivity contribution in [2.24, 2.45) is 7.05 Å². The van der Waals surface area contributed by atoms with Gasteiger partial charge in [-0.15, -0.1) is 0 Å². The molecule has 1 N–H and O–H groups in total. The van der Waals surface area contributed by atoms with E-state index in [-0.39, 0.29) is 24.5 Å². The topological polar surface area (TPSA) is 92.5 Å². The Balaban J connectivity index is 2.35. The maximum absolute atomic E-state index is 12.9. The molecular weight excluding hydrogens is 318 g/mol. The molecule has 0 aliphatic rings. The first-order valence-corrected chi connectivity index (χ1v) is 8.50. The molecule has 23 heavy (non-hydrogen) atoms. The van der Waals surface area contributed by atoms with Crippen molar-refractivity contribution in [1.82, 2.24) is 13.9 Å². The zero-order valence-corrected chi connectivity index (χ0v) is 13.8. The van der Waals surface area contributed by atoms with E-state index in [0.717, 1.165) is 5.56 Å². The molecule has 1 heterocycles. The second-order valence-electron chi connectivity index (χ2n) is 5.17. The van der Waals surface area contributed by atoms with E-state index in [0.29, 0.717) is 5.82 Å². The van der Waals surface area contributed by atoms with E-state index in [1.54, 1.807) is 26.1 Å². The van der Waals surface area contributed by atoms with Crippen LogP contribution in [0.15, 0.2) is 41.6 Å². The van der Waals surface area contributed by atoms with Crippen LogP contribution in [0.4, 0.5) is 0 Å². The monoisotopic (exact) mass is 337 g/mol. The minimum absolute atomic E-state index is 0.0521. The third-order valence-corrected chi connectivity index (χ3v) is 5.46. The SMILES string of the molecule is Cc1ncc(S(=O)(=O)N(CCC(=O)O)Cc2ccccc2)n1C. The van der Waals surface area contributed by atoms with Gasteiger partial charge in [-0.2, -0.15) is 4.31 Å². The van der Waals surface area contributed by atoms with E-state index in [1.807, 2.05) is 18.2 Å². The summed E-state index contributed by atoms with van der Waals surface area (Å²) in [6.45, 7) is 1.72. The first-order chi connectivity index (χ1) is 10.8. The number of rotatable bonds is 7. The molecule has 1 aromatic carbocycles. The molecular formula is C15H19N3O4S. The van der Waals surface area contributed by atoms with Crippen molar-refractivity contribution in [2.45, 2.75) is 24.9 Å². The maximum Gasteiger partial charge on any atom is 0.304 e. The van der Waals surface area contributed by atoms with Crippen LogP contribution in [0.25, 0.3) is 0 Å². The summed E-state index contributed by atoms with van der Waals surface area (Å²) >= 11 is 0. The highest BCUT2D eigenvalue weighted by Crippen LogP contribution is 2.19. The molecule has 1 aromatic heterocycles. The molecule has 2 aromatic rings. The first-order valence-electron chi connectivity index (χ1n) is 7.06. The number of imidazole rings is 1. The van der Waals surface area contributed by atoms with Crippen molar-refractivity contribution in [2.75, 3.05) is 6.54 Å². The van der Waals surface area contributed by atoms with Gasteiger partial charge < -0.3 is 9.67 Å². The molecule has 0 saturated carbocycles. The van der Waals surface area contributed by atoms with E-state index >= 15 is 0 Å². The molecule has 0 radical (unpaired) electrons. The predicted octanol–water partition coefficient (Wildman–Crippen LogP) is 1.39. The number of carboxylic acid groups (broad SMARTS) is 1. The lowest BCUT2D eigenvalue weighted by atomic mass is 10.2. The van der Waals surface area contributed by atoms with Crippen LogP contribution in [0.3, 0.4) is 0 Å². The Morgan fingerprint density at radius 3 is 2.48 bits per heavy atom. The number of sulfonamides is 1. The highest BCUT2D eigenvalue weighted by Gasteiger charge is 2.28. The fourth-order valence-electron chi connectivity index (χ4n) is 2.14. The predicted molar refractivity (Wildman–Crippen MR) is 84.2 cm³/mol. The van der Waals surface area contributed by atoms with Gasteiger partial charge in [-0.05, 0) is 12.5 Å². The summed E-state index contributed by atoms with van der Waals surface area (Å²) < 4.78 is 28.4. The highest BCUT2D eigenvalue weighted by molar-refractivity contribution is 7.89. The summed E-state index contributed by atoms with van der Waals surface area (Å²) in [6, 6.07) is 9.07. The lowest BCUT2D eigenvalue weighted by molar-refractivity contribution is -0.137. The van der Waals surface area contributed by atoms with Gasteiger partial charge in [-0.1, -0.05) is 30.3 Å². The lowest BCUT2D eigenvalue weighted by Gasteiger charge is -2.21. The molecule has 0 bridgehead atoms. The molecule has 0 aliphatic heterocycles. The van der Waals surface area contributed by atoms with Crippen LogP contribution in [0.1, 0.15) is 17.8 Å². The molecule has 0 saturated heterocycles. The number of benzene rings is 1. The fourth-order valence-corrected chi connectivity index (χ4v) is 3.72. The van der Waals surface area contributed by atoms with Crippen LogP contribution in [0.2, 0.25) is 0 Å². The van der Waals surface area contributed by atoms with Crippen LogP contribution in [-0.2, 0) is 28.4 Å². The normalized spacial score (nSPS) is 11.8. The Morgan fingerprint density at radius 2 is 1.96 bits per heavy atom. The number of aliphatic carboxylic acids is 1. The first kappa shape index (κ1) is 17.2. The van der Waals surface area contributed by atoms with E-state index in [1.165, 1.54) is 15.1 Å². The lowest BCUT2D eigenvalue weighted by Crippen LogP contribution is -2.33. The Morgan fingerprint density at radius 1 is 1.30 bits per heavy atom. The van der Waals surface area contributed by atoms with Crippen molar-refractivity contribution in [1.29, 1.82) is 0 Å². The Labute approximate surface area is 135 Å². The summed E-state index contributed by atoms with van der Waals surface area (Å²) in [5, 5.41) is 8.94. The zero-order valence-electron chi connectivity index (χ0n) is 13.0. The quantitative estimate of drug-likeness (QED) is 0.824. The maximum atomic E-state index is 12.9. The van der Waals surface area contributed by atoms with Crippen molar-refractivity contribution in [3.8, 4) is 0 Å². The third-order valence-electron chi connectivity index (χ3n) is 3.56. The van der Waals surface area contributed by atoms with Gasteiger partial charge in [-0.3, -0.25) is 4.79 Å². The van der Waals surface area contributed by atoms with Crippen molar-refractivity contribution >= 4 is 16.0 Å². The largest absolute Gasteiger partial charge is 0.481 e. The van der Waals surface area contributed by atoms with Crippen LogP contribution in [0.5, 0.6) is 0 Å². The van der Waals surface area contributed by atoms with Crippen LogP contribution in [-0.4, -0.2) is 39.9 Å². The van der Waals surface area contributed by atoms with Crippen LogP contribution in [0, 0.1) is 6.92 Å². The van der Waals surface area contributed by atoms with E-state index in [4.69, 9.17) is 5.11 Å². The summed E-state index contributed by atoms with van der Waals surface area (Å²) in [4.78, 5) is 14.9. The van der Waals surface area contributed by atoms with Gasteiger partial charge in [0, 0.05) is 20.1 Å². The van der Waals surface area contributed by atoms with Gasteiger partial charge in [0.2, 0.25) is 0 Å². The molecule has 2 rings (SSSR count). The smallest absolute Gasteiger partial charge is 0.304 e. The second kappa shape index (κ2) is 6.93. The Bertz CT molecular complexity index is 784. The van der Waals surface area contributed by atoms with Crippen molar-refractivity contribution in [3.05, 3.63) is 47.9 Å². The van der Waals surface area contributed by atoms with E-state index in [2.05, 4.69) is 4.98 Å². The number of hydrogen-bond acceptors (Lipinski definition) is 4. The standard InChI is InChI=1S/C15H19N3O4S/c1-12-16-10-14(17(12)2)23(21,22)18(9-8-15(19)20)11-13-6-4-3-5-7-13/h3-7,10H,8-9,11H2,1-2H3,(H,19,20). The van der Waals surface area contributed by atoms with Gasteiger partial charge in [0.1, 0.15) is 5.82 Å². The van der Waals surface area contributed by atoms with Gasteiger partial charge in [0.25, 0.3) is 10.0 Å². The Hall–Kier alpha value is -2.19. The summed E-state index contributed by atoms with van der Waals surface area (Å²) in [6.07, 6.45) is 1.03. The zero-order chi connectivity index (χ0) is 17.0. The summed E-state index contributed by atoms with van der Waals surface area (Å²) in [5.41, 5.74) is 0.792. The molecule has 7 nitrogen and oxygen atoms in total. The van der Waals surface area contributed by atoms with Gasteiger partial charge >= 0.3 is 5.97 Å². The summed E-state index contributed by atoms with van der Waals surface area (Å²) in [7, 11) is -2.22. The highest BCUT2D eigenvalue weighted by atomic mass is 32.2. The van der Waals surface area contributed by atoms with Gasteiger partial charge in [0.05, 0.1) is 12.6 Å². The van der Waals surface area contributed by atoms with E-state index in [9.17, 15) is 13.2 Å². The number of nitrogens with zero attached hydrogens (tertiary/aromatic N) is 3. The van der Waals surface area contributed by atoms with Crippen molar-refractivity contribution < 1.29 is 18.3 Å². The van der Waals surface area contributed by atoms with Gasteiger partial charge in [-0.25, -0.2) is 13.4 Å². The third kappa shape index (κ3) is 3.96. The summed E-state index contributed by atoms with van der Waals surface area (Å²) in [5.74, 6) is -0.471. The molecule has 0 amide bonds. The Kier molecular flexibility index (Phi) is 5.17. The molecule has 8 heteroatoms. The average molecular weight is 337 g/mol. The molecule has 0 atom stereocenters. The number of carboxylic acids is 1. The van der Waals surface area contributed by atoms with E-state index < -0.39 is 16.0 Å². The second-order valence-corrected chi connectivity index (χ2v) is 7.06. The molecule has 0 spiro atoms. The van der Waals surface area contributed by atoms with Crippen LogP contribution >= 0.6 is 0 Å².